The van der Waals surface area contributed by atoms with Crippen LogP contribution in [-0.2, 0) is 0 Å². The summed E-state index contributed by atoms with van der Waals surface area (Å²) in [6.45, 7) is 0. The van der Waals surface area contributed by atoms with Crippen LogP contribution in [0, 0.1) is 9.39 Å². The first-order chi connectivity index (χ1) is 6.22. The molecule has 0 fully saturated rings. The molecule has 0 aliphatic rings. The van der Waals surface area contributed by atoms with Crippen LogP contribution in [0.3, 0.4) is 0 Å². The topological polar surface area (TPSA) is 45.8 Å². The Bertz CT molecular complexity index is 480. The third-order valence-corrected chi connectivity index (χ3v) is 2.57. The van der Waals surface area contributed by atoms with Crippen molar-refractivity contribution in [3.63, 3.8) is 0 Å². The summed E-state index contributed by atoms with van der Waals surface area (Å²) in [7, 11) is 0. The third-order valence-electron chi connectivity index (χ3n) is 1.74. The van der Waals surface area contributed by atoms with E-state index < -0.39 is 0 Å². The summed E-state index contributed by atoms with van der Waals surface area (Å²) in [5.74, 6) is -0.322. The van der Waals surface area contributed by atoms with Crippen LogP contribution in [0.5, 0.6) is 0 Å². The van der Waals surface area contributed by atoms with Crippen molar-refractivity contribution in [1.82, 2.24) is 10.2 Å². The molecule has 0 radical (unpaired) electrons. The largest absolute Gasteiger partial charge is 0.296 e. The normalized spacial score (nSPS) is 10.6. The lowest BCUT2D eigenvalue weighted by molar-refractivity contribution is 0.112. The highest BCUT2D eigenvalue weighted by Gasteiger charge is 2.07. The second-order valence-electron chi connectivity index (χ2n) is 2.54. The Kier molecular flexibility index (Phi) is 2.03. The Balaban J connectivity index is 2.84. The van der Waals surface area contributed by atoms with E-state index in [1.54, 1.807) is 6.07 Å². The number of benzene rings is 1. The second kappa shape index (κ2) is 3.06. The Labute approximate surface area is 86.5 Å². The Morgan fingerprint density at radius 1 is 1.54 bits per heavy atom. The van der Waals surface area contributed by atoms with Crippen molar-refractivity contribution < 1.29 is 9.18 Å². The number of nitrogens with zero attached hydrogens (tertiary/aromatic N) is 1. The van der Waals surface area contributed by atoms with Gasteiger partial charge in [-0.2, -0.15) is 5.10 Å². The first-order valence-electron chi connectivity index (χ1n) is 3.50. The van der Waals surface area contributed by atoms with Gasteiger partial charge in [0, 0.05) is 15.0 Å². The van der Waals surface area contributed by atoms with Gasteiger partial charge in [0.1, 0.15) is 11.5 Å². The van der Waals surface area contributed by atoms with Gasteiger partial charge < -0.3 is 0 Å². The van der Waals surface area contributed by atoms with Gasteiger partial charge in [0.2, 0.25) is 0 Å². The lowest BCUT2D eigenvalue weighted by Crippen LogP contribution is -1.82. The van der Waals surface area contributed by atoms with Crippen molar-refractivity contribution in [2.24, 2.45) is 0 Å². The molecule has 66 valence electrons. The van der Waals surface area contributed by atoms with E-state index in [9.17, 15) is 9.18 Å². The number of aldehydes is 1. The van der Waals surface area contributed by atoms with Crippen LogP contribution in [0.4, 0.5) is 4.39 Å². The zero-order chi connectivity index (χ0) is 9.42. The molecular formula is C8H4FIN2O. The van der Waals surface area contributed by atoms with E-state index in [0.29, 0.717) is 26.5 Å². The van der Waals surface area contributed by atoms with E-state index in [-0.39, 0.29) is 5.82 Å². The van der Waals surface area contributed by atoms with Crippen molar-refractivity contribution in [2.45, 2.75) is 0 Å². The Hall–Kier alpha value is -0.980. The van der Waals surface area contributed by atoms with Gasteiger partial charge in [-0.3, -0.25) is 9.89 Å². The molecule has 0 spiro atoms. The SMILES string of the molecule is O=Cc1[nH]nc2cc(F)c(I)cc12. The zero-order valence-corrected chi connectivity index (χ0v) is 8.50. The molecule has 0 amide bonds. The van der Waals surface area contributed by atoms with E-state index in [1.165, 1.54) is 6.07 Å². The number of carbonyl (C=O) groups is 1. The maximum absolute atomic E-state index is 13.0. The smallest absolute Gasteiger partial charge is 0.168 e. The maximum Gasteiger partial charge on any atom is 0.168 e. The highest BCUT2D eigenvalue weighted by Crippen LogP contribution is 2.20. The summed E-state index contributed by atoms with van der Waals surface area (Å²) in [5.41, 5.74) is 0.855. The van der Waals surface area contributed by atoms with Gasteiger partial charge in [-0.25, -0.2) is 4.39 Å². The molecule has 0 bridgehead atoms. The fourth-order valence-electron chi connectivity index (χ4n) is 1.12. The number of nitrogens with one attached hydrogen (secondary N) is 1. The van der Waals surface area contributed by atoms with Crippen LogP contribution in [0.15, 0.2) is 12.1 Å². The minimum atomic E-state index is -0.322. The molecule has 3 nitrogen and oxygen atoms in total. The molecule has 5 heteroatoms. The summed E-state index contributed by atoms with van der Waals surface area (Å²) in [6.07, 6.45) is 0.670. The van der Waals surface area contributed by atoms with Crippen molar-refractivity contribution in [3.8, 4) is 0 Å². The minimum absolute atomic E-state index is 0.322. The number of hydrogen-bond acceptors (Lipinski definition) is 2. The van der Waals surface area contributed by atoms with E-state index in [2.05, 4.69) is 10.2 Å². The van der Waals surface area contributed by atoms with Gasteiger partial charge in [0.15, 0.2) is 6.29 Å². The van der Waals surface area contributed by atoms with Crippen LogP contribution in [-0.4, -0.2) is 16.5 Å². The number of H-pyrrole nitrogens is 1. The van der Waals surface area contributed by atoms with Crippen LogP contribution >= 0.6 is 22.6 Å². The summed E-state index contributed by atoms with van der Waals surface area (Å²) < 4.78 is 13.5. The number of fused-ring (bicyclic) bond motifs is 1. The van der Waals surface area contributed by atoms with E-state index in [0.717, 1.165) is 0 Å². The standard InChI is InChI=1S/C8H4FIN2O/c9-5-2-7-4(1-6(5)10)8(3-13)12-11-7/h1-3H,(H,11,12). The van der Waals surface area contributed by atoms with Gasteiger partial charge in [-0.05, 0) is 28.7 Å². The molecule has 1 aromatic heterocycles. The van der Waals surface area contributed by atoms with Crippen molar-refractivity contribution in [1.29, 1.82) is 0 Å². The van der Waals surface area contributed by atoms with Gasteiger partial charge in [0.25, 0.3) is 0 Å². The Morgan fingerprint density at radius 2 is 2.31 bits per heavy atom. The lowest BCUT2D eigenvalue weighted by Gasteiger charge is -1.93. The Morgan fingerprint density at radius 3 is 3.00 bits per heavy atom. The second-order valence-corrected chi connectivity index (χ2v) is 3.70. The summed E-state index contributed by atoms with van der Waals surface area (Å²) in [4.78, 5) is 10.5. The van der Waals surface area contributed by atoms with Gasteiger partial charge in [-0.1, -0.05) is 0 Å². The van der Waals surface area contributed by atoms with Crippen molar-refractivity contribution >= 4 is 39.8 Å². The molecule has 0 unspecified atom stereocenters. The molecule has 13 heavy (non-hydrogen) atoms. The van der Waals surface area contributed by atoms with Crippen molar-refractivity contribution in [2.75, 3.05) is 0 Å². The number of aromatic amines is 1. The molecule has 0 atom stereocenters. The number of halogens is 2. The van der Waals surface area contributed by atoms with E-state index in [4.69, 9.17) is 0 Å². The molecule has 0 aliphatic heterocycles. The van der Waals surface area contributed by atoms with Crippen LogP contribution in [0.1, 0.15) is 10.5 Å². The average molecular weight is 290 g/mol. The summed E-state index contributed by atoms with van der Waals surface area (Å²) >= 11 is 1.87. The molecule has 0 aliphatic carbocycles. The van der Waals surface area contributed by atoms with Gasteiger partial charge in [-0.15, -0.1) is 0 Å². The molecule has 1 N–H and O–H groups in total. The van der Waals surface area contributed by atoms with E-state index >= 15 is 0 Å². The fraction of sp³-hybridized carbons (Fsp3) is 0. The van der Waals surface area contributed by atoms with E-state index in [1.807, 2.05) is 22.6 Å². The number of hydrogen-bond donors (Lipinski definition) is 1. The highest BCUT2D eigenvalue weighted by molar-refractivity contribution is 14.1. The highest BCUT2D eigenvalue weighted by atomic mass is 127. The first kappa shape index (κ1) is 8.61. The van der Waals surface area contributed by atoms with Crippen LogP contribution in [0.25, 0.3) is 10.9 Å². The van der Waals surface area contributed by atoms with Gasteiger partial charge >= 0.3 is 0 Å². The number of rotatable bonds is 1. The number of aromatic nitrogens is 2. The fourth-order valence-corrected chi connectivity index (χ4v) is 1.58. The quantitative estimate of drug-likeness (QED) is 0.646. The predicted molar refractivity (Wildman–Crippen MR) is 54.2 cm³/mol. The maximum atomic E-state index is 13.0. The third kappa shape index (κ3) is 1.32. The molecule has 1 aromatic carbocycles. The van der Waals surface area contributed by atoms with Gasteiger partial charge in [0.05, 0.1) is 5.52 Å². The van der Waals surface area contributed by atoms with Crippen molar-refractivity contribution in [3.05, 3.63) is 27.2 Å². The predicted octanol–water partition coefficient (Wildman–Crippen LogP) is 2.12. The monoisotopic (exact) mass is 290 g/mol. The average Bonchev–Trinajstić information content (AvgIpc) is 2.48. The molecule has 2 rings (SSSR count). The molecule has 0 saturated heterocycles. The molecular weight excluding hydrogens is 286 g/mol. The summed E-state index contributed by atoms with van der Waals surface area (Å²) in [6, 6.07) is 2.90. The first-order valence-corrected chi connectivity index (χ1v) is 4.58. The minimum Gasteiger partial charge on any atom is -0.296 e. The zero-order valence-electron chi connectivity index (χ0n) is 6.34. The number of carbonyl (C=O) groups excluding carboxylic acids is 1. The molecule has 0 saturated carbocycles. The lowest BCUT2D eigenvalue weighted by atomic mass is 10.2. The van der Waals surface area contributed by atoms with Crippen LogP contribution in [0.2, 0.25) is 0 Å². The van der Waals surface area contributed by atoms with Crippen LogP contribution < -0.4 is 0 Å². The molecule has 2 aromatic rings. The summed E-state index contributed by atoms with van der Waals surface area (Å²) in [5, 5.41) is 6.98. The molecule has 1 heterocycles.